The third-order valence-corrected chi connectivity index (χ3v) is 15.7. The third kappa shape index (κ3) is 14.4. The first kappa shape index (κ1) is 61.3. The van der Waals surface area contributed by atoms with Crippen LogP contribution in [0.3, 0.4) is 0 Å². The molecule has 0 radical (unpaired) electrons. The second-order valence-corrected chi connectivity index (χ2v) is 21.5. The summed E-state index contributed by atoms with van der Waals surface area (Å²) in [7, 11) is 0. The van der Waals surface area contributed by atoms with E-state index in [4.69, 9.17) is 23.9 Å². The van der Waals surface area contributed by atoms with Gasteiger partial charge in [0, 0.05) is 48.3 Å². The molecule has 21 nitrogen and oxygen atoms in total. The van der Waals surface area contributed by atoms with Crippen LogP contribution in [0.5, 0.6) is 0 Å². The Hall–Kier alpha value is -9.28. The monoisotopic (exact) mass is 1180 g/mol. The average Bonchev–Trinajstić information content (AvgIpc) is 1.47. The molecule has 4 heterocycles. The van der Waals surface area contributed by atoms with E-state index in [1.807, 2.05) is 0 Å². The van der Waals surface area contributed by atoms with E-state index < -0.39 is 121 Å². The van der Waals surface area contributed by atoms with E-state index in [1.54, 1.807) is 111 Å². The quantitative estimate of drug-likeness (QED) is 0.0193. The number of hydrogen-bond acceptors (Lipinski definition) is 16. The predicted octanol–water partition coefficient (Wildman–Crippen LogP) is 5.15. The molecule has 22 heteroatoms. The number of aromatic nitrogens is 2. The molecule has 5 N–H and O–H groups in total. The number of aryl methyl sites for hydroxylation is 1. The molecule has 0 saturated heterocycles. The molecule has 86 heavy (non-hydrogen) atoms. The summed E-state index contributed by atoms with van der Waals surface area (Å²) in [4.78, 5) is 137. The topological polar surface area (TPSA) is 294 Å². The summed E-state index contributed by atoms with van der Waals surface area (Å²) in [5, 5.41) is 22.7. The first-order valence-corrected chi connectivity index (χ1v) is 28.4. The molecule has 6 aromatic rings. The van der Waals surface area contributed by atoms with E-state index in [9.17, 15) is 53.1 Å². The van der Waals surface area contributed by atoms with Crippen molar-refractivity contribution in [3.63, 3.8) is 0 Å². The number of rotatable bonds is 27. The Kier molecular flexibility index (Phi) is 19.7. The van der Waals surface area contributed by atoms with Crippen molar-refractivity contribution in [2.45, 2.75) is 122 Å². The second kappa shape index (κ2) is 27.6. The minimum Gasteiger partial charge on any atom is -0.461 e. The fourth-order valence-corrected chi connectivity index (χ4v) is 11.0. The van der Waals surface area contributed by atoms with Crippen LogP contribution in [0.4, 0.5) is 4.39 Å². The van der Waals surface area contributed by atoms with Gasteiger partial charge in [-0.25, -0.2) is 14.2 Å². The Morgan fingerprint density at radius 3 is 2.05 bits per heavy atom. The Bertz CT molecular complexity index is 3610. The summed E-state index contributed by atoms with van der Waals surface area (Å²) in [5.74, 6) is -7.66. The number of hydrogen-bond donors (Lipinski definition) is 5. The molecular formula is C64H65FN6O15. The van der Waals surface area contributed by atoms with Crippen LogP contribution in [0.1, 0.15) is 114 Å². The maximum absolute atomic E-state index is 15.4. The largest absolute Gasteiger partial charge is 0.461 e. The number of carbonyl (C=O) groups is 9. The fourth-order valence-electron chi connectivity index (χ4n) is 11.0. The van der Waals surface area contributed by atoms with Crippen LogP contribution >= 0.6 is 0 Å². The van der Waals surface area contributed by atoms with E-state index in [1.165, 1.54) is 10.6 Å². The van der Waals surface area contributed by atoms with Crippen molar-refractivity contribution >= 4 is 64.0 Å². The molecule has 0 fully saturated rings. The Morgan fingerprint density at radius 1 is 0.779 bits per heavy atom. The van der Waals surface area contributed by atoms with Crippen LogP contribution in [0, 0.1) is 18.7 Å². The zero-order chi connectivity index (χ0) is 61.1. The summed E-state index contributed by atoms with van der Waals surface area (Å²) >= 11 is 0. The highest BCUT2D eigenvalue weighted by atomic mass is 19.1. The zero-order valence-electron chi connectivity index (χ0n) is 47.5. The number of fused-ring (bicyclic) bond motifs is 5. The Morgan fingerprint density at radius 2 is 1.41 bits per heavy atom. The molecule has 2 aliphatic heterocycles. The summed E-state index contributed by atoms with van der Waals surface area (Å²) in [6, 6.07) is 27.7. The van der Waals surface area contributed by atoms with Crippen LogP contribution in [0.15, 0.2) is 108 Å². The summed E-state index contributed by atoms with van der Waals surface area (Å²) in [5.41, 5.74) is 3.26. The number of nitrogens with zero attached hydrogens (tertiary/aromatic N) is 2. The number of esters is 3. The minimum absolute atomic E-state index is 0.0461. The number of carbonyl (C=O) groups excluding carboxylic acids is 9. The van der Waals surface area contributed by atoms with E-state index in [0.29, 0.717) is 68.5 Å². The molecule has 448 valence electrons. The van der Waals surface area contributed by atoms with Crippen molar-refractivity contribution in [2.24, 2.45) is 5.92 Å². The Balaban J connectivity index is 0.752. The zero-order valence-corrected chi connectivity index (χ0v) is 47.5. The van der Waals surface area contributed by atoms with Gasteiger partial charge in [0.1, 0.15) is 39.0 Å². The van der Waals surface area contributed by atoms with E-state index >= 15 is 4.39 Å². The van der Waals surface area contributed by atoms with Gasteiger partial charge in [-0.05, 0) is 72.1 Å². The van der Waals surface area contributed by atoms with Gasteiger partial charge in [-0.2, -0.15) is 0 Å². The minimum atomic E-state index is -2.06. The number of aliphatic hydroxyl groups is 1. The maximum Gasteiger partial charge on any atom is 0.343 e. The van der Waals surface area contributed by atoms with Crippen LogP contribution in [-0.4, -0.2) is 93.7 Å². The number of benzene rings is 4. The normalized spacial score (nSPS) is 15.7. The highest BCUT2D eigenvalue weighted by Gasteiger charge is 2.46. The van der Waals surface area contributed by atoms with Gasteiger partial charge in [-0.1, -0.05) is 97.9 Å². The smallest absolute Gasteiger partial charge is 0.343 e. The number of ketones is 2. The van der Waals surface area contributed by atoms with Crippen LogP contribution in [0.2, 0.25) is 0 Å². The van der Waals surface area contributed by atoms with E-state index in [2.05, 4.69) is 21.3 Å². The number of nitrogens with one attached hydrogen (secondary N) is 4. The highest BCUT2D eigenvalue weighted by Crippen LogP contribution is 2.46. The van der Waals surface area contributed by atoms with Gasteiger partial charge in [0.15, 0.2) is 17.2 Å². The van der Waals surface area contributed by atoms with Gasteiger partial charge in [-0.3, -0.25) is 43.2 Å². The molecule has 0 spiro atoms. The fraction of sp³-hybridized carbons (Fsp3) is 0.359. The molecule has 3 atom stereocenters. The standard InChI is InChI=1S/C64H65FN6O15/c1-3-64(82)46-28-51-60-44(31-71(51)62(80)45(46)34-86-63(64)81)59-48(21-20-43-37(2)47(65)29-50(70-60)58(43)59)68-55(76)35-83-36-67-53(74)24-22-52(73)49(25-38-13-7-4-8-14-38)69-54(75)23-19-42(72)30-66-61(79)41(26-56(77)84-32-39-15-9-5-10-16-39)27-57(78)85-33-40-17-11-6-12-18-40/h4-18,28-29,41,48-49,82H,3,19-27,30-36H2,1-2H3,(H,66,79)(H,67,74)(H,68,76)(H,69,75)/t48-,49-,64-/m0/s1. The van der Waals surface area contributed by atoms with E-state index in [-0.39, 0.29) is 76.0 Å². The number of pyridine rings is 2. The van der Waals surface area contributed by atoms with Gasteiger partial charge in [0.05, 0.1) is 66.4 Å². The molecular weight excluding hydrogens is 1110 g/mol. The molecule has 0 bridgehead atoms. The van der Waals surface area contributed by atoms with Crippen molar-refractivity contribution in [3.05, 3.63) is 169 Å². The van der Waals surface area contributed by atoms with Crippen LogP contribution < -0.4 is 26.8 Å². The van der Waals surface area contributed by atoms with Gasteiger partial charge in [0.25, 0.3) is 5.56 Å². The molecule has 4 aromatic carbocycles. The van der Waals surface area contributed by atoms with Crippen molar-refractivity contribution in [2.75, 3.05) is 19.9 Å². The first-order chi connectivity index (χ1) is 41.4. The number of Topliss-reactive ketones (excluding diaryl/α,β-unsaturated/α-hetero) is 2. The lowest BCUT2D eigenvalue weighted by Gasteiger charge is -2.31. The lowest BCUT2D eigenvalue weighted by Crippen LogP contribution is -2.44. The molecule has 0 unspecified atom stereocenters. The number of cyclic esters (lactones) is 1. The summed E-state index contributed by atoms with van der Waals surface area (Å²) in [6.07, 6.45) is -1.47. The third-order valence-electron chi connectivity index (χ3n) is 15.7. The molecule has 3 aliphatic rings. The average molecular weight is 1180 g/mol. The molecule has 0 saturated carbocycles. The predicted molar refractivity (Wildman–Crippen MR) is 306 cm³/mol. The lowest BCUT2D eigenvalue weighted by molar-refractivity contribution is -0.172. The number of halogens is 1. The summed E-state index contributed by atoms with van der Waals surface area (Å²) < 4.78 is 38.4. The van der Waals surface area contributed by atoms with Crippen LogP contribution in [0.25, 0.3) is 22.3 Å². The van der Waals surface area contributed by atoms with Crippen molar-refractivity contribution in [1.29, 1.82) is 0 Å². The van der Waals surface area contributed by atoms with Gasteiger partial charge in [-0.15, -0.1) is 0 Å². The van der Waals surface area contributed by atoms with Crippen molar-refractivity contribution in [3.8, 4) is 11.4 Å². The molecule has 1 aliphatic carbocycles. The summed E-state index contributed by atoms with van der Waals surface area (Å²) in [6.45, 7) is 1.46. The molecule has 9 rings (SSSR count). The van der Waals surface area contributed by atoms with Crippen molar-refractivity contribution in [1.82, 2.24) is 30.8 Å². The first-order valence-electron chi connectivity index (χ1n) is 28.4. The van der Waals surface area contributed by atoms with Crippen molar-refractivity contribution < 1.29 is 71.6 Å². The van der Waals surface area contributed by atoms with Gasteiger partial charge < -0.3 is 49.9 Å². The van der Waals surface area contributed by atoms with E-state index in [0.717, 1.165) is 5.56 Å². The second-order valence-electron chi connectivity index (χ2n) is 21.5. The van der Waals surface area contributed by atoms with Gasteiger partial charge in [0.2, 0.25) is 23.6 Å². The maximum atomic E-state index is 15.4. The lowest BCUT2D eigenvalue weighted by atomic mass is 9.81. The highest BCUT2D eigenvalue weighted by molar-refractivity contribution is 5.96. The number of ether oxygens (including phenoxy) is 4. The number of amides is 4. The SMILES string of the molecule is CC[C@@]1(O)C(=O)OCc2c1cc1n(c2=O)Cc2c-1nc1cc(F)c(C)c3c1c2[C@@H](NC(=O)COCNC(=O)CCC(=O)[C@H](Cc1ccccc1)NC(=O)CCC(=O)CNC(=O)C(CC(=O)OCc1ccccc1)CC(=O)OCc1ccccc1)CC3. The Labute approximate surface area is 493 Å². The molecule has 4 amide bonds. The van der Waals surface area contributed by atoms with Crippen LogP contribution in [-0.2, 0) is 107 Å². The van der Waals surface area contributed by atoms with Gasteiger partial charge >= 0.3 is 17.9 Å². The molecule has 2 aromatic heterocycles.